The van der Waals surface area contributed by atoms with Crippen LogP contribution in [0.2, 0.25) is 0 Å². The van der Waals surface area contributed by atoms with Gasteiger partial charge in [-0.25, -0.2) is 4.79 Å². The number of aryl methyl sites for hydroxylation is 3. The van der Waals surface area contributed by atoms with Gasteiger partial charge in [0.15, 0.2) is 11.2 Å². The lowest BCUT2D eigenvalue weighted by atomic mass is 10.2. The number of hydrogen-bond acceptors (Lipinski definition) is 4. The van der Waals surface area contributed by atoms with Crippen molar-refractivity contribution in [1.82, 2.24) is 18.7 Å². The first-order valence-corrected chi connectivity index (χ1v) is 11.0. The number of hydrogen-bond donors (Lipinski definition) is 0. The Kier molecular flexibility index (Phi) is 4.81. The van der Waals surface area contributed by atoms with E-state index in [2.05, 4.69) is 39.9 Å². The summed E-state index contributed by atoms with van der Waals surface area (Å²) in [5, 5.41) is 0. The lowest BCUT2D eigenvalue weighted by Crippen LogP contribution is -2.40. The van der Waals surface area contributed by atoms with Gasteiger partial charge in [0.2, 0.25) is 5.95 Å². The summed E-state index contributed by atoms with van der Waals surface area (Å²) in [6, 6.07) is 15.9. The molecule has 2 aromatic heterocycles. The van der Waals surface area contributed by atoms with Gasteiger partial charge < -0.3 is 9.47 Å². The Labute approximate surface area is 187 Å². The zero-order valence-electron chi connectivity index (χ0n) is 17.4. The normalized spacial score (nSPS) is 13.6. The van der Waals surface area contributed by atoms with Gasteiger partial charge in [0.25, 0.3) is 5.56 Å². The number of halogens is 1. The van der Waals surface area contributed by atoms with Crippen LogP contribution in [0.25, 0.3) is 11.2 Å². The van der Waals surface area contributed by atoms with Crippen LogP contribution < -0.4 is 16.1 Å². The second kappa shape index (κ2) is 7.53. The highest BCUT2D eigenvalue weighted by molar-refractivity contribution is 9.10. The van der Waals surface area contributed by atoms with Crippen LogP contribution in [0.1, 0.15) is 17.5 Å². The number of rotatable bonds is 3. The van der Waals surface area contributed by atoms with Crippen LogP contribution in [0.5, 0.6) is 0 Å². The number of benzene rings is 2. The van der Waals surface area contributed by atoms with E-state index < -0.39 is 0 Å². The molecule has 3 heterocycles. The SMILES string of the molecule is Cc1cccc(N2CCCn3c2nc2c3c(=O)n(Cc3ccc(Br)cc3)c(=O)n2C)c1. The maximum atomic E-state index is 13.5. The molecule has 0 N–H and O–H groups in total. The molecule has 0 aliphatic carbocycles. The molecule has 0 radical (unpaired) electrons. The molecule has 8 heteroatoms. The maximum Gasteiger partial charge on any atom is 0.332 e. The molecule has 4 aromatic rings. The second-order valence-electron chi connectivity index (χ2n) is 7.94. The van der Waals surface area contributed by atoms with Crippen molar-refractivity contribution in [2.24, 2.45) is 7.05 Å². The van der Waals surface area contributed by atoms with Gasteiger partial charge in [-0.05, 0) is 48.7 Å². The third kappa shape index (κ3) is 3.31. The Morgan fingerprint density at radius 1 is 1.06 bits per heavy atom. The first-order valence-electron chi connectivity index (χ1n) is 10.2. The van der Waals surface area contributed by atoms with Crippen molar-refractivity contribution in [3.8, 4) is 0 Å². The molecule has 0 atom stereocenters. The summed E-state index contributed by atoms with van der Waals surface area (Å²) >= 11 is 3.42. The van der Waals surface area contributed by atoms with Gasteiger partial charge in [-0.2, -0.15) is 4.98 Å². The smallest absolute Gasteiger partial charge is 0.312 e. The highest BCUT2D eigenvalue weighted by Gasteiger charge is 2.27. The molecule has 0 amide bonds. The summed E-state index contributed by atoms with van der Waals surface area (Å²) in [6.45, 7) is 3.78. The first-order chi connectivity index (χ1) is 14.9. The lowest BCUT2D eigenvalue weighted by Gasteiger charge is -2.29. The van der Waals surface area contributed by atoms with Crippen molar-refractivity contribution in [1.29, 1.82) is 0 Å². The molecule has 2 aromatic carbocycles. The predicted molar refractivity (Wildman–Crippen MR) is 125 cm³/mol. The fourth-order valence-corrected chi connectivity index (χ4v) is 4.48. The average Bonchev–Trinajstić information content (AvgIpc) is 3.16. The molecule has 1 aliphatic heterocycles. The van der Waals surface area contributed by atoms with Crippen molar-refractivity contribution >= 4 is 38.7 Å². The van der Waals surface area contributed by atoms with Crippen LogP contribution in [-0.4, -0.2) is 25.2 Å². The van der Waals surface area contributed by atoms with Gasteiger partial charge in [-0.1, -0.05) is 40.2 Å². The van der Waals surface area contributed by atoms with E-state index in [-0.39, 0.29) is 17.8 Å². The Bertz CT molecular complexity index is 1420. The molecule has 7 nitrogen and oxygen atoms in total. The molecule has 1 aliphatic rings. The van der Waals surface area contributed by atoms with E-state index in [1.807, 2.05) is 41.0 Å². The molecular weight excluding hydrogens is 458 g/mol. The van der Waals surface area contributed by atoms with Crippen LogP contribution >= 0.6 is 15.9 Å². The molecule has 31 heavy (non-hydrogen) atoms. The van der Waals surface area contributed by atoms with Crippen LogP contribution in [-0.2, 0) is 20.1 Å². The molecule has 0 fully saturated rings. The quantitative estimate of drug-likeness (QED) is 0.450. The monoisotopic (exact) mass is 479 g/mol. The first kappa shape index (κ1) is 19.8. The third-order valence-corrected chi connectivity index (χ3v) is 6.31. The Morgan fingerprint density at radius 2 is 1.84 bits per heavy atom. The zero-order chi connectivity index (χ0) is 21.7. The number of fused-ring (bicyclic) bond motifs is 3. The van der Waals surface area contributed by atoms with Crippen LogP contribution in [0.4, 0.5) is 11.6 Å². The highest BCUT2D eigenvalue weighted by atomic mass is 79.9. The van der Waals surface area contributed by atoms with Crippen molar-refractivity contribution < 1.29 is 0 Å². The Morgan fingerprint density at radius 3 is 2.58 bits per heavy atom. The number of anilines is 2. The number of imidazole rings is 1. The number of nitrogens with zero attached hydrogens (tertiary/aromatic N) is 5. The highest BCUT2D eigenvalue weighted by Crippen LogP contribution is 2.31. The topological polar surface area (TPSA) is 65.1 Å². The molecule has 5 rings (SSSR count). The minimum atomic E-state index is -0.363. The molecule has 158 valence electrons. The summed E-state index contributed by atoms with van der Waals surface area (Å²) in [5.41, 5.74) is 3.33. The largest absolute Gasteiger partial charge is 0.332 e. The van der Waals surface area contributed by atoms with E-state index >= 15 is 0 Å². The van der Waals surface area contributed by atoms with Crippen molar-refractivity contribution in [2.75, 3.05) is 11.4 Å². The molecule has 0 unspecified atom stereocenters. The molecule has 0 bridgehead atoms. The van der Waals surface area contributed by atoms with Crippen LogP contribution in [0.3, 0.4) is 0 Å². The molecular formula is C23H22BrN5O2. The minimum absolute atomic E-state index is 0.219. The molecule has 0 spiro atoms. The van der Waals surface area contributed by atoms with Gasteiger partial charge in [-0.15, -0.1) is 0 Å². The van der Waals surface area contributed by atoms with E-state index in [9.17, 15) is 9.59 Å². The van der Waals surface area contributed by atoms with Crippen LogP contribution in [0, 0.1) is 6.92 Å². The van der Waals surface area contributed by atoms with E-state index in [4.69, 9.17) is 4.98 Å². The second-order valence-corrected chi connectivity index (χ2v) is 8.85. The standard InChI is InChI=1S/C23H22BrN5O2/c1-15-5-3-6-18(13-15)27-11-4-12-28-19-20(25-22(27)28)26(2)23(31)29(21(19)30)14-16-7-9-17(24)10-8-16/h3,5-10,13H,4,11-12,14H2,1-2H3. The van der Waals surface area contributed by atoms with Crippen LogP contribution in [0.15, 0.2) is 62.6 Å². The fraction of sp³-hybridized carbons (Fsp3) is 0.261. The Balaban J connectivity index is 1.69. The van der Waals surface area contributed by atoms with Crippen molar-refractivity contribution in [2.45, 2.75) is 26.4 Å². The van der Waals surface area contributed by atoms with E-state index in [0.29, 0.717) is 23.7 Å². The third-order valence-electron chi connectivity index (χ3n) is 5.78. The summed E-state index contributed by atoms with van der Waals surface area (Å²) < 4.78 is 5.69. The fourth-order valence-electron chi connectivity index (χ4n) is 4.22. The Hall–Kier alpha value is -3.13. The minimum Gasteiger partial charge on any atom is -0.312 e. The average molecular weight is 480 g/mol. The van der Waals surface area contributed by atoms with Gasteiger partial charge in [0.05, 0.1) is 6.54 Å². The van der Waals surface area contributed by atoms with Gasteiger partial charge in [0.1, 0.15) is 0 Å². The summed E-state index contributed by atoms with van der Waals surface area (Å²) in [5.74, 6) is 0.709. The molecule has 0 saturated heterocycles. The van der Waals surface area contributed by atoms with E-state index in [0.717, 1.165) is 34.3 Å². The van der Waals surface area contributed by atoms with Gasteiger partial charge in [0, 0.05) is 30.3 Å². The zero-order valence-corrected chi connectivity index (χ0v) is 19.0. The predicted octanol–water partition coefficient (Wildman–Crippen LogP) is 3.56. The maximum absolute atomic E-state index is 13.5. The summed E-state index contributed by atoms with van der Waals surface area (Å²) in [4.78, 5) is 33.4. The lowest BCUT2D eigenvalue weighted by molar-refractivity contribution is 0.597. The summed E-state index contributed by atoms with van der Waals surface area (Å²) in [7, 11) is 1.68. The molecule has 0 saturated carbocycles. The van der Waals surface area contributed by atoms with E-state index in [1.54, 1.807) is 7.05 Å². The van der Waals surface area contributed by atoms with Crippen molar-refractivity contribution in [3.63, 3.8) is 0 Å². The van der Waals surface area contributed by atoms with Gasteiger partial charge >= 0.3 is 5.69 Å². The number of aromatic nitrogens is 4. The van der Waals surface area contributed by atoms with Crippen molar-refractivity contribution in [3.05, 3.63) is 85.0 Å². The van der Waals surface area contributed by atoms with E-state index in [1.165, 1.54) is 9.13 Å². The summed E-state index contributed by atoms with van der Waals surface area (Å²) in [6.07, 6.45) is 0.890. The van der Waals surface area contributed by atoms with Gasteiger partial charge in [-0.3, -0.25) is 13.9 Å².